The molecule has 1 aliphatic rings. The normalized spacial score (nSPS) is 15.0. The van der Waals surface area contributed by atoms with Gasteiger partial charge in [0.25, 0.3) is 0 Å². The number of amides is 3. The smallest absolute Gasteiger partial charge is 0.229 e. The van der Waals surface area contributed by atoms with Gasteiger partial charge in [0.15, 0.2) is 0 Å². The van der Waals surface area contributed by atoms with Crippen LogP contribution in [0.1, 0.15) is 19.3 Å². The molecule has 0 aliphatic carbocycles. The SMILES string of the molecule is O=C(CCN1C(=O)CCC1=O)Nc1ccc2sncc2c1. The molecule has 0 radical (unpaired) electrons. The number of carbonyl (C=O) groups is 3. The van der Waals surface area contributed by atoms with Crippen LogP contribution < -0.4 is 5.32 Å². The van der Waals surface area contributed by atoms with Gasteiger partial charge in [-0.05, 0) is 29.7 Å². The van der Waals surface area contributed by atoms with E-state index < -0.39 is 0 Å². The maximum Gasteiger partial charge on any atom is 0.229 e. The summed E-state index contributed by atoms with van der Waals surface area (Å²) < 4.78 is 5.13. The summed E-state index contributed by atoms with van der Waals surface area (Å²) >= 11 is 1.40. The minimum atomic E-state index is -0.218. The molecule has 1 fully saturated rings. The van der Waals surface area contributed by atoms with Crippen molar-refractivity contribution in [3.05, 3.63) is 24.4 Å². The second kappa shape index (κ2) is 5.61. The molecular weight excluding hydrogens is 290 g/mol. The third-order valence-corrected chi connectivity index (χ3v) is 4.13. The summed E-state index contributed by atoms with van der Waals surface area (Å²) in [5.74, 6) is -0.609. The fourth-order valence-corrected chi connectivity index (χ4v) is 2.89. The first-order chi connectivity index (χ1) is 10.1. The number of fused-ring (bicyclic) bond motifs is 1. The van der Waals surface area contributed by atoms with Crippen LogP contribution in [0.4, 0.5) is 5.69 Å². The molecule has 6 nitrogen and oxygen atoms in total. The quantitative estimate of drug-likeness (QED) is 0.873. The largest absolute Gasteiger partial charge is 0.326 e. The minimum Gasteiger partial charge on any atom is -0.326 e. The Labute approximate surface area is 124 Å². The van der Waals surface area contributed by atoms with E-state index in [1.54, 1.807) is 6.20 Å². The van der Waals surface area contributed by atoms with Crippen LogP contribution >= 0.6 is 11.5 Å². The zero-order valence-electron chi connectivity index (χ0n) is 11.2. The number of likely N-dealkylation sites (tertiary alicyclic amines) is 1. The molecule has 7 heteroatoms. The molecule has 0 unspecified atom stereocenters. The number of carbonyl (C=O) groups excluding carboxylic acids is 3. The van der Waals surface area contributed by atoms with Crippen LogP contribution in [0.3, 0.4) is 0 Å². The summed E-state index contributed by atoms with van der Waals surface area (Å²) in [5.41, 5.74) is 0.687. The van der Waals surface area contributed by atoms with Crippen molar-refractivity contribution in [1.29, 1.82) is 0 Å². The van der Waals surface area contributed by atoms with Gasteiger partial charge >= 0.3 is 0 Å². The highest BCUT2D eigenvalue weighted by Gasteiger charge is 2.28. The molecule has 0 spiro atoms. The molecular formula is C14H13N3O3S. The average Bonchev–Trinajstić information content (AvgIpc) is 3.04. The Morgan fingerprint density at radius 3 is 2.81 bits per heavy atom. The first-order valence-corrected chi connectivity index (χ1v) is 7.38. The monoisotopic (exact) mass is 303 g/mol. The van der Waals surface area contributed by atoms with E-state index in [2.05, 4.69) is 9.69 Å². The molecule has 1 aromatic carbocycles. The zero-order chi connectivity index (χ0) is 14.8. The van der Waals surface area contributed by atoms with Gasteiger partial charge in [0.1, 0.15) is 0 Å². The highest BCUT2D eigenvalue weighted by molar-refractivity contribution is 7.13. The Bertz CT molecular complexity index is 709. The van der Waals surface area contributed by atoms with E-state index in [0.717, 1.165) is 15.0 Å². The second-order valence-corrected chi connectivity index (χ2v) is 5.65. The molecule has 1 N–H and O–H groups in total. The Morgan fingerprint density at radius 1 is 1.29 bits per heavy atom. The fourth-order valence-electron chi connectivity index (χ4n) is 2.26. The number of nitrogens with zero attached hydrogens (tertiary/aromatic N) is 2. The predicted molar refractivity (Wildman–Crippen MR) is 78.8 cm³/mol. The van der Waals surface area contributed by atoms with Crippen LogP contribution in [-0.4, -0.2) is 33.5 Å². The van der Waals surface area contributed by atoms with Gasteiger partial charge in [-0.2, -0.15) is 4.37 Å². The molecule has 108 valence electrons. The van der Waals surface area contributed by atoms with E-state index in [-0.39, 0.29) is 43.5 Å². The Kier molecular flexibility index (Phi) is 3.66. The zero-order valence-corrected chi connectivity index (χ0v) is 12.0. The summed E-state index contributed by atoms with van der Waals surface area (Å²) in [7, 11) is 0. The Morgan fingerprint density at radius 2 is 2.05 bits per heavy atom. The van der Waals surface area contributed by atoms with Gasteiger partial charge in [-0.15, -0.1) is 0 Å². The summed E-state index contributed by atoms with van der Waals surface area (Å²) in [6.45, 7) is 0.145. The van der Waals surface area contributed by atoms with Crippen LogP contribution in [0.5, 0.6) is 0 Å². The van der Waals surface area contributed by atoms with Gasteiger partial charge in [-0.1, -0.05) is 0 Å². The lowest BCUT2D eigenvalue weighted by Crippen LogP contribution is -2.32. The third-order valence-electron chi connectivity index (χ3n) is 3.35. The molecule has 1 aliphatic heterocycles. The first kappa shape index (κ1) is 13.7. The molecule has 21 heavy (non-hydrogen) atoms. The van der Waals surface area contributed by atoms with E-state index in [1.165, 1.54) is 11.5 Å². The maximum atomic E-state index is 11.9. The summed E-state index contributed by atoms with van der Waals surface area (Å²) in [5, 5.41) is 3.74. The first-order valence-electron chi connectivity index (χ1n) is 6.61. The van der Waals surface area contributed by atoms with Crippen LogP contribution in [0, 0.1) is 0 Å². The number of benzene rings is 1. The molecule has 2 aromatic rings. The van der Waals surface area contributed by atoms with E-state index in [4.69, 9.17) is 0 Å². The minimum absolute atomic E-state index is 0.109. The van der Waals surface area contributed by atoms with Crippen molar-refractivity contribution in [3.8, 4) is 0 Å². The highest BCUT2D eigenvalue weighted by Crippen LogP contribution is 2.22. The van der Waals surface area contributed by atoms with Crippen molar-refractivity contribution < 1.29 is 14.4 Å². The van der Waals surface area contributed by atoms with Gasteiger partial charge < -0.3 is 5.32 Å². The number of hydrogen-bond acceptors (Lipinski definition) is 5. The van der Waals surface area contributed by atoms with Crippen LogP contribution in [0.2, 0.25) is 0 Å². The van der Waals surface area contributed by atoms with Gasteiger partial charge in [-0.25, -0.2) is 0 Å². The Balaban J connectivity index is 1.58. The number of hydrogen-bond donors (Lipinski definition) is 1. The molecule has 3 rings (SSSR count). The molecule has 0 atom stereocenters. The lowest BCUT2D eigenvalue weighted by molar-refractivity contribution is -0.138. The molecule has 2 heterocycles. The van der Waals surface area contributed by atoms with Crippen molar-refractivity contribution in [2.24, 2.45) is 0 Å². The van der Waals surface area contributed by atoms with E-state index in [1.807, 2.05) is 18.2 Å². The topological polar surface area (TPSA) is 79.4 Å². The highest BCUT2D eigenvalue weighted by atomic mass is 32.1. The number of anilines is 1. The van der Waals surface area contributed by atoms with Crippen LogP contribution in [0.15, 0.2) is 24.4 Å². The Hall–Kier alpha value is -2.28. The fraction of sp³-hybridized carbons (Fsp3) is 0.286. The van der Waals surface area contributed by atoms with Crippen molar-refractivity contribution in [2.75, 3.05) is 11.9 Å². The van der Waals surface area contributed by atoms with Gasteiger partial charge in [0.05, 0.1) is 4.70 Å². The number of rotatable bonds is 4. The average molecular weight is 303 g/mol. The van der Waals surface area contributed by atoms with E-state index in [9.17, 15) is 14.4 Å². The lowest BCUT2D eigenvalue weighted by Gasteiger charge is -2.13. The molecule has 0 bridgehead atoms. The molecule has 0 saturated carbocycles. The summed E-state index contributed by atoms with van der Waals surface area (Å²) in [6, 6.07) is 5.56. The summed E-state index contributed by atoms with van der Waals surface area (Å²) in [6.07, 6.45) is 2.36. The van der Waals surface area contributed by atoms with E-state index >= 15 is 0 Å². The molecule has 1 saturated heterocycles. The van der Waals surface area contributed by atoms with Crippen molar-refractivity contribution in [3.63, 3.8) is 0 Å². The van der Waals surface area contributed by atoms with Gasteiger partial charge in [-0.3, -0.25) is 19.3 Å². The van der Waals surface area contributed by atoms with E-state index in [0.29, 0.717) is 5.69 Å². The van der Waals surface area contributed by atoms with Gasteiger partial charge in [0, 0.05) is 43.1 Å². The number of aromatic nitrogens is 1. The second-order valence-electron chi connectivity index (χ2n) is 4.82. The molecule has 3 amide bonds. The van der Waals surface area contributed by atoms with Gasteiger partial charge in [0.2, 0.25) is 17.7 Å². The molecule has 1 aromatic heterocycles. The number of imide groups is 1. The van der Waals surface area contributed by atoms with Crippen molar-refractivity contribution in [2.45, 2.75) is 19.3 Å². The lowest BCUT2D eigenvalue weighted by atomic mass is 10.2. The van der Waals surface area contributed by atoms with Crippen molar-refractivity contribution in [1.82, 2.24) is 9.27 Å². The standard InChI is InChI=1S/C14H13N3O3S/c18-12(5-6-17-13(19)3-4-14(17)20)16-10-1-2-11-9(7-10)8-15-21-11/h1-2,7-8H,3-6H2,(H,16,18). The van der Waals surface area contributed by atoms with Crippen molar-refractivity contribution >= 4 is 45.0 Å². The van der Waals surface area contributed by atoms with Crippen LogP contribution in [-0.2, 0) is 14.4 Å². The van der Waals surface area contributed by atoms with Crippen LogP contribution in [0.25, 0.3) is 10.1 Å². The summed E-state index contributed by atoms with van der Waals surface area (Å²) in [4.78, 5) is 35.9. The third kappa shape index (κ3) is 2.92. The maximum absolute atomic E-state index is 11.9. The predicted octanol–water partition coefficient (Wildman–Crippen LogP) is 1.77. The number of nitrogens with one attached hydrogen (secondary N) is 1.